The lowest BCUT2D eigenvalue weighted by atomic mass is 10.0. The molecule has 0 spiro atoms. The number of rotatable bonds is 6. The second kappa shape index (κ2) is 5.52. The Balaban J connectivity index is 5.40. The van der Waals surface area contributed by atoms with E-state index in [9.17, 15) is 44.3 Å². The van der Waals surface area contributed by atoms with E-state index in [4.69, 9.17) is 0 Å². The van der Waals surface area contributed by atoms with Crippen molar-refractivity contribution in [2.45, 2.75) is 37.5 Å². The van der Waals surface area contributed by atoms with Gasteiger partial charge in [0.15, 0.2) is 0 Å². The summed E-state index contributed by atoms with van der Waals surface area (Å²) in [6.07, 6.45) is -9.75. The summed E-state index contributed by atoms with van der Waals surface area (Å²) in [6.45, 7) is 3.61. The first-order valence-electron chi connectivity index (χ1n) is 4.61. The van der Waals surface area contributed by atoms with Crippen molar-refractivity contribution in [2.75, 3.05) is 0 Å². The van der Waals surface area contributed by atoms with Crippen LogP contribution in [-0.4, -0.2) is 36.5 Å². The lowest BCUT2D eigenvalue weighted by molar-refractivity contribution is -0.369. The fourth-order valence-corrected chi connectivity index (χ4v) is 0.770. The molecule has 0 aromatic heterocycles. The van der Waals surface area contributed by atoms with Gasteiger partial charge in [-0.25, -0.2) is 13.6 Å². The molecule has 0 N–H and O–H groups in total. The smallest absolute Gasteiger partial charge is 0.384 e. The van der Waals surface area contributed by atoms with E-state index in [2.05, 4.69) is 11.3 Å². The maximum atomic E-state index is 12.8. The molecule has 0 aromatic carbocycles. The van der Waals surface area contributed by atoms with E-state index in [0.29, 0.717) is 0 Å². The quantitative estimate of drug-likeness (QED) is 0.425. The van der Waals surface area contributed by atoms with Crippen molar-refractivity contribution < 1.29 is 49.0 Å². The van der Waals surface area contributed by atoms with Crippen LogP contribution in [-0.2, 0) is 9.53 Å². The molecule has 0 saturated heterocycles. The molecule has 0 heterocycles. The molecule has 0 rings (SSSR count). The Morgan fingerprint density at radius 3 is 1.70 bits per heavy atom. The predicted octanol–water partition coefficient (Wildman–Crippen LogP) is 3.57. The first kappa shape index (κ1) is 18.6. The lowest BCUT2D eigenvalue weighted by Gasteiger charge is -2.33. The summed E-state index contributed by atoms with van der Waals surface area (Å²) in [5, 5.41) is 0. The molecule has 0 amide bonds. The third kappa shape index (κ3) is 3.01. The Morgan fingerprint density at radius 1 is 1.00 bits per heavy atom. The van der Waals surface area contributed by atoms with E-state index in [-0.39, 0.29) is 0 Å². The third-order valence-corrected chi connectivity index (χ3v) is 1.96. The van der Waals surface area contributed by atoms with Crippen molar-refractivity contribution in [2.24, 2.45) is 0 Å². The second-order valence-corrected chi connectivity index (χ2v) is 3.62. The Bertz CT molecular complexity index is 391. The van der Waals surface area contributed by atoms with Crippen molar-refractivity contribution in [1.29, 1.82) is 0 Å². The van der Waals surface area contributed by atoms with Gasteiger partial charge in [0.05, 0.1) is 0 Å². The monoisotopic (exact) mass is 318 g/mol. The van der Waals surface area contributed by atoms with Gasteiger partial charge in [-0.1, -0.05) is 6.58 Å². The van der Waals surface area contributed by atoms with Crippen molar-refractivity contribution in [3.8, 4) is 0 Å². The van der Waals surface area contributed by atoms with Gasteiger partial charge in [-0.3, -0.25) is 0 Å². The van der Waals surface area contributed by atoms with Crippen LogP contribution in [0.4, 0.5) is 39.5 Å². The normalized spacial score (nSPS) is 15.2. The van der Waals surface area contributed by atoms with Crippen LogP contribution in [0.1, 0.15) is 6.92 Å². The molecular weight excluding hydrogens is 311 g/mol. The molecule has 0 saturated carbocycles. The lowest BCUT2D eigenvalue weighted by Crippen LogP contribution is -2.61. The molecule has 0 aliphatic heterocycles. The largest absolute Gasteiger partial charge is 0.421 e. The Hall–Kier alpha value is -1.42. The zero-order valence-corrected chi connectivity index (χ0v) is 9.58. The molecule has 0 aromatic rings. The highest BCUT2D eigenvalue weighted by Gasteiger charge is 2.79. The number of carbonyl (C=O) groups excluding carboxylic acids is 1. The number of hydrogen-bond acceptors (Lipinski definition) is 2. The summed E-state index contributed by atoms with van der Waals surface area (Å²) in [6, 6.07) is 0. The van der Waals surface area contributed by atoms with Crippen LogP contribution in [0.2, 0.25) is 0 Å². The minimum Gasteiger partial charge on any atom is -0.421 e. The van der Waals surface area contributed by atoms with Crippen molar-refractivity contribution in [1.82, 2.24) is 0 Å². The molecule has 2 nitrogen and oxygen atoms in total. The fourth-order valence-electron chi connectivity index (χ4n) is 0.770. The van der Waals surface area contributed by atoms with Gasteiger partial charge in [0.2, 0.25) is 0 Å². The number of carbonyl (C=O) groups is 1. The fraction of sp³-hybridized carbons (Fsp3) is 0.667. The summed E-state index contributed by atoms with van der Waals surface area (Å²) in [7, 11) is 0. The Kier molecular flexibility index (Phi) is 5.13. The number of esters is 1. The molecule has 11 heteroatoms. The molecule has 0 radical (unpaired) electrons. The van der Waals surface area contributed by atoms with Gasteiger partial charge in [-0.15, -0.1) is 0 Å². The topological polar surface area (TPSA) is 26.3 Å². The summed E-state index contributed by atoms with van der Waals surface area (Å²) in [4.78, 5) is 10.6. The highest BCUT2D eigenvalue weighted by atomic mass is 19.4. The van der Waals surface area contributed by atoms with E-state index in [1.54, 1.807) is 0 Å². The molecule has 0 fully saturated rings. The van der Waals surface area contributed by atoms with Gasteiger partial charge in [0.25, 0.3) is 0 Å². The number of hydrogen-bond donors (Lipinski definition) is 0. The molecule has 0 bridgehead atoms. The summed E-state index contributed by atoms with van der Waals surface area (Å²) < 4.78 is 115. The van der Waals surface area contributed by atoms with E-state index in [0.717, 1.165) is 6.92 Å². The number of alkyl halides is 9. The minimum absolute atomic E-state index is 0.701. The average molecular weight is 318 g/mol. The van der Waals surface area contributed by atoms with Gasteiger partial charge in [-0.05, 0) is 6.92 Å². The van der Waals surface area contributed by atoms with Gasteiger partial charge in [0, 0.05) is 5.57 Å². The van der Waals surface area contributed by atoms with E-state index < -0.39 is 42.1 Å². The molecule has 20 heavy (non-hydrogen) atoms. The van der Waals surface area contributed by atoms with Crippen molar-refractivity contribution in [3.63, 3.8) is 0 Å². The maximum absolute atomic E-state index is 12.8. The van der Waals surface area contributed by atoms with Gasteiger partial charge >= 0.3 is 36.5 Å². The van der Waals surface area contributed by atoms with Crippen LogP contribution in [0.15, 0.2) is 12.2 Å². The molecule has 0 aliphatic carbocycles. The minimum atomic E-state index is -6.79. The van der Waals surface area contributed by atoms with Crippen molar-refractivity contribution >= 4 is 5.97 Å². The van der Waals surface area contributed by atoms with Crippen LogP contribution >= 0.6 is 0 Å². The molecular formula is C9H7F9O2. The Labute approximate surface area is 106 Å². The molecule has 0 aliphatic rings. The van der Waals surface area contributed by atoms with Gasteiger partial charge in [-0.2, -0.15) is 30.7 Å². The first-order valence-corrected chi connectivity index (χ1v) is 4.61. The Morgan fingerprint density at radius 2 is 1.40 bits per heavy atom. The van der Waals surface area contributed by atoms with E-state index >= 15 is 0 Å². The molecule has 1 unspecified atom stereocenters. The zero-order valence-electron chi connectivity index (χ0n) is 9.58. The highest BCUT2D eigenvalue weighted by Crippen LogP contribution is 2.50. The van der Waals surface area contributed by atoms with E-state index in [1.807, 2.05) is 0 Å². The third-order valence-electron chi connectivity index (χ3n) is 1.96. The van der Waals surface area contributed by atoms with Gasteiger partial charge in [0.1, 0.15) is 0 Å². The number of ether oxygens (including phenoxy) is 1. The predicted molar refractivity (Wildman–Crippen MR) is 46.6 cm³/mol. The van der Waals surface area contributed by atoms with Crippen LogP contribution in [0.5, 0.6) is 0 Å². The molecule has 118 valence electrons. The highest BCUT2D eigenvalue weighted by molar-refractivity contribution is 5.87. The summed E-state index contributed by atoms with van der Waals surface area (Å²) in [5.74, 6) is -21.6. The molecule has 1 atom stereocenters. The second-order valence-electron chi connectivity index (χ2n) is 3.62. The van der Waals surface area contributed by atoms with Crippen LogP contribution in [0.25, 0.3) is 0 Å². The van der Waals surface area contributed by atoms with Gasteiger partial charge < -0.3 is 4.74 Å². The average Bonchev–Trinajstić information content (AvgIpc) is 2.27. The summed E-state index contributed by atoms with van der Waals surface area (Å²) in [5.41, 5.74) is -0.701. The van der Waals surface area contributed by atoms with Crippen LogP contribution < -0.4 is 0 Å². The standard InChI is InChI=1S/C9H7F9O2/c1-3(2)4(19)20-6(12)8(15,16)9(17,18)7(13,14)5(10)11/h5-6H,1H2,2H3. The van der Waals surface area contributed by atoms with Crippen LogP contribution in [0, 0.1) is 0 Å². The van der Waals surface area contributed by atoms with E-state index in [1.165, 1.54) is 0 Å². The zero-order chi connectivity index (χ0) is 16.5. The van der Waals surface area contributed by atoms with Crippen molar-refractivity contribution in [3.05, 3.63) is 12.2 Å². The maximum Gasteiger partial charge on any atom is 0.384 e. The number of halogens is 9. The van der Waals surface area contributed by atoms with Crippen LogP contribution in [0.3, 0.4) is 0 Å². The SMILES string of the molecule is C=C(C)C(=O)OC(F)C(F)(F)C(F)(F)C(F)(F)C(F)F. The first-order chi connectivity index (χ1) is 8.69. The summed E-state index contributed by atoms with van der Waals surface area (Å²) >= 11 is 0.